The molecule has 17 heavy (non-hydrogen) atoms. The van der Waals surface area contributed by atoms with Gasteiger partial charge in [-0.3, -0.25) is 4.79 Å². The quantitative estimate of drug-likeness (QED) is 0.710. The van der Waals surface area contributed by atoms with Gasteiger partial charge in [0.25, 0.3) is 0 Å². The van der Waals surface area contributed by atoms with Gasteiger partial charge in [-0.2, -0.15) is 0 Å². The SMILES string of the molecule is CCCC(=O)OC1CC(C)CCC1C(C)C.Cl. The van der Waals surface area contributed by atoms with Crippen LogP contribution in [0.25, 0.3) is 0 Å². The maximum atomic E-state index is 11.6. The van der Waals surface area contributed by atoms with E-state index in [2.05, 4.69) is 20.8 Å². The van der Waals surface area contributed by atoms with E-state index in [1.807, 2.05) is 6.92 Å². The summed E-state index contributed by atoms with van der Waals surface area (Å²) in [7, 11) is 0. The highest BCUT2D eigenvalue weighted by Gasteiger charge is 2.33. The van der Waals surface area contributed by atoms with Crippen molar-refractivity contribution < 1.29 is 9.53 Å². The molecule has 0 aromatic carbocycles. The standard InChI is InChI=1S/C14H26O2.ClH/c1-5-6-14(15)16-13-9-11(4)7-8-12(13)10(2)3;/h10-13H,5-9H2,1-4H3;1H. The molecule has 102 valence electrons. The summed E-state index contributed by atoms with van der Waals surface area (Å²) in [4.78, 5) is 11.6. The highest BCUT2D eigenvalue weighted by atomic mass is 35.5. The zero-order valence-electron chi connectivity index (χ0n) is 11.6. The Morgan fingerprint density at radius 2 is 2.00 bits per heavy atom. The van der Waals surface area contributed by atoms with Crippen LogP contribution in [0.5, 0.6) is 0 Å². The highest BCUT2D eigenvalue weighted by molar-refractivity contribution is 5.85. The number of hydrogen-bond acceptors (Lipinski definition) is 2. The van der Waals surface area contributed by atoms with E-state index in [0.717, 1.165) is 12.8 Å². The molecule has 1 aliphatic rings. The molecule has 1 saturated carbocycles. The second kappa shape index (κ2) is 7.97. The third-order valence-corrected chi connectivity index (χ3v) is 3.70. The van der Waals surface area contributed by atoms with Crippen LogP contribution < -0.4 is 0 Å². The Hall–Kier alpha value is -0.240. The number of carbonyl (C=O) groups is 1. The molecule has 3 heteroatoms. The van der Waals surface area contributed by atoms with E-state index < -0.39 is 0 Å². The first-order valence-electron chi connectivity index (χ1n) is 6.74. The molecule has 0 saturated heterocycles. The summed E-state index contributed by atoms with van der Waals surface area (Å²) in [5.74, 6) is 1.88. The van der Waals surface area contributed by atoms with E-state index in [9.17, 15) is 4.79 Å². The zero-order valence-corrected chi connectivity index (χ0v) is 12.4. The Labute approximate surface area is 112 Å². The molecule has 1 fully saturated rings. The molecule has 0 aromatic rings. The van der Waals surface area contributed by atoms with E-state index in [0.29, 0.717) is 24.2 Å². The van der Waals surface area contributed by atoms with Crippen LogP contribution in [0.15, 0.2) is 0 Å². The molecule has 0 N–H and O–H groups in total. The first kappa shape index (κ1) is 16.8. The van der Waals surface area contributed by atoms with Crippen LogP contribution in [-0.4, -0.2) is 12.1 Å². The highest BCUT2D eigenvalue weighted by Crippen LogP contribution is 2.35. The Kier molecular flexibility index (Phi) is 7.85. The van der Waals surface area contributed by atoms with Gasteiger partial charge in [-0.05, 0) is 37.0 Å². The number of rotatable bonds is 4. The van der Waals surface area contributed by atoms with Gasteiger partial charge in [0.15, 0.2) is 0 Å². The Balaban J connectivity index is 0.00000256. The molecule has 2 nitrogen and oxygen atoms in total. The lowest BCUT2D eigenvalue weighted by molar-refractivity contribution is -0.155. The van der Waals surface area contributed by atoms with Gasteiger partial charge in [0, 0.05) is 6.42 Å². The first-order chi connectivity index (χ1) is 7.54. The molecule has 0 amide bonds. The summed E-state index contributed by atoms with van der Waals surface area (Å²) in [6.45, 7) is 8.75. The third kappa shape index (κ3) is 5.29. The average Bonchev–Trinajstić information content (AvgIpc) is 2.17. The van der Waals surface area contributed by atoms with Gasteiger partial charge < -0.3 is 4.74 Å². The van der Waals surface area contributed by atoms with Gasteiger partial charge in [-0.25, -0.2) is 0 Å². The lowest BCUT2D eigenvalue weighted by Crippen LogP contribution is -2.35. The fourth-order valence-electron chi connectivity index (χ4n) is 2.68. The normalized spacial score (nSPS) is 28.6. The zero-order chi connectivity index (χ0) is 12.1. The van der Waals surface area contributed by atoms with Crippen LogP contribution in [0.3, 0.4) is 0 Å². The Morgan fingerprint density at radius 3 is 2.53 bits per heavy atom. The molecule has 1 aliphatic carbocycles. The van der Waals surface area contributed by atoms with Gasteiger partial charge in [-0.1, -0.05) is 34.1 Å². The second-order valence-corrected chi connectivity index (χ2v) is 5.60. The summed E-state index contributed by atoms with van der Waals surface area (Å²) in [5.41, 5.74) is 0. The van der Waals surface area contributed by atoms with Crippen LogP contribution in [0.1, 0.15) is 59.8 Å². The van der Waals surface area contributed by atoms with E-state index in [1.54, 1.807) is 0 Å². The van der Waals surface area contributed by atoms with Crippen LogP contribution in [0.4, 0.5) is 0 Å². The van der Waals surface area contributed by atoms with Crippen molar-refractivity contribution in [3.63, 3.8) is 0 Å². The minimum atomic E-state index is -0.00718. The predicted octanol–water partition coefficient (Wildman–Crippen LogP) is 4.21. The molecule has 0 radical (unpaired) electrons. The fourth-order valence-corrected chi connectivity index (χ4v) is 2.68. The van der Waals surface area contributed by atoms with Crippen molar-refractivity contribution in [2.24, 2.45) is 17.8 Å². The summed E-state index contributed by atoms with van der Waals surface area (Å²) < 4.78 is 5.64. The van der Waals surface area contributed by atoms with Crippen molar-refractivity contribution in [1.29, 1.82) is 0 Å². The van der Waals surface area contributed by atoms with E-state index in [1.165, 1.54) is 12.8 Å². The number of ether oxygens (including phenoxy) is 1. The van der Waals surface area contributed by atoms with Gasteiger partial charge in [0.2, 0.25) is 0 Å². The van der Waals surface area contributed by atoms with Crippen molar-refractivity contribution >= 4 is 18.4 Å². The van der Waals surface area contributed by atoms with Crippen LogP contribution in [0, 0.1) is 17.8 Å². The predicted molar refractivity (Wildman–Crippen MR) is 73.4 cm³/mol. The number of carbonyl (C=O) groups excluding carboxylic acids is 1. The van der Waals surface area contributed by atoms with E-state index in [-0.39, 0.29) is 24.5 Å². The van der Waals surface area contributed by atoms with Crippen molar-refractivity contribution in [2.45, 2.75) is 65.9 Å². The maximum absolute atomic E-state index is 11.6. The molecule has 0 spiro atoms. The Bertz CT molecular complexity index is 228. The van der Waals surface area contributed by atoms with Crippen molar-refractivity contribution in [1.82, 2.24) is 0 Å². The van der Waals surface area contributed by atoms with Gasteiger partial charge in [0.05, 0.1) is 0 Å². The van der Waals surface area contributed by atoms with Crippen molar-refractivity contribution in [2.75, 3.05) is 0 Å². The monoisotopic (exact) mass is 262 g/mol. The van der Waals surface area contributed by atoms with E-state index >= 15 is 0 Å². The molecular weight excluding hydrogens is 236 g/mol. The summed E-state index contributed by atoms with van der Waals surface area (Å²) in [6.07, 6.45) is 5.16. The molecule has 1 rings (SSSR count). The van der Waals surface area contributed by atoms with Gasteiger partial charge in [-0.15, -0.1) is 12.4 Å². The summed E-state index contributed by atoms with van der Waals surface area (Å²) in [6, 6.07) is 0. The third-order valence-electron chi connectivity index (χ3n) is 3.70. The second-order valence-electron chi connectivity index (χ2n) is 5.60. The molecule has 3 atom stereocenters. The van der Waals surface area contributed by atoms with E-state index in [4.69, 9.17) is 4.74 Å². The topological polar surface area (TPSA) is 26.3 Å². The average molecular weight is 263 g/mol. The largest absolute Gasteiger partial charge is 0.462 e. The molecule has 3 unspecified atom stereocenters. The number of hydrogen-bond donors (Lipinski definition) is 0. The lowest BCUT2D eigenvalue weighted by atomic mass is 9.75. The molecule has 0 aromatic heterocycles. The molecule has 0 bridgehead atoms. The maximum Gasteiger partial charge on any atom is 0.306 e. The van der Waals surface area contributed by atoms with Gasteiger partial charge in [0.1, 0.15) is 6.10 Å². The smallest absolute Gasteiger partial charge is 0.306 e. The van der Waals surface area contributed by atoms with Crippen molar-refractivity contribution in [3.05, 3.63) is 0 Å². The van der Waals surface area contributed by atoms with Crippen molar-refractivity contribution in [3.8, 4) is 0 Å². The fraction of sp³-hybridized carbons (Fsp3) is 0.929. The molecular formula is C14H27ClO2. The number of halogens is 1. The summed E-state index contributed by atoms with van der Waals surface area (Å²) >= 11 is 0. The van der Waals surface area contributed by atoms with Gasteiger partial charge >= 0.3 is 5.97 Å². The molecule has 0 heterocycles. The Morgan fingerprint density at radius 1 is 1.35 bits per heavy atom. The number of esters is 1. The van der Waals surface area contributed by atoms with Crippen LogP contribution in [0.2, 0.25) is 0 Å². The minimum Gasteiger partial charge on any atom is -0.462 e. The molecule has 0 aliphatic heterocycles. The summed E-state index contributed by atoms with van der Waals surface area (Å²) in [5, 5.41) is 0. The first-order valence-corrected chi connectivity index (χ1v) is 6.74. The minimum absolute atomic E-state index is 0. The van der Waals surface area contributed by atoms with Crippen LogP contribution >= 0.6 is 12.4 Å². The lowest BCUT2D eigenvalue weighted by Gasteiger charge is -2.36. The van der Waals surface area contributed by atoms with Crippen LogP contribution in [-0.2, 0) is 9.53 Å².